The van der Waals surface area contributed by atoms with Crippen LogP contribution < -0.4 is 16.0 Å². The van der Waals surface area contributed by atoms with Gasteiger partial charge in [-0.25, -0.2) is 15.0 Å². The van der Waals surface area contributed by atoms with Gasteiger partial charge < -0.3 is 16.0 Å². The monoisotopic (exact) mass is 395 g/mol. The molecular formula is C20H22ClN7. The summed E-state index contributed by atoms with van der Waals surface area (Å²) in [7, 11) is 0. The predicted octanol–water partition coefficient (Wildman–Crippen LogP) is 3.17. The third kappa shape index (κ3) is 4.32. The molecule has 0 amide bonds. The Morgan fingerprint density at radius 1 is 0.964 bits per heavy atom. The van der Waals surface area contributed by atoms with Crippen LogP contribution in [-0.2, 0) is 6.54 Å². The van der Waals surface area contributed by atoms with Crippen molar-refractivity contribution in [3.8, 4) is 0 Å². The van der Waals surface area contributed by atoms with Crippen molar-refractivity contribution in [3.05, 3.63) is 65.6 Å². The summed E-state index contributed by atoms with van der Waals surface area (Å²) in [6, 6.07) is 14.1. The molecule has 0 radical (unpaired) electrons. The molecule has 0 unspecified atom stereocenters. The molecule has 1 saturated heterocycles. The van der Waals surface area contributed by atoms with Gasteiger partial charge in [-0.15, -0.1) is 0 Å². The maximum atomic E-state index is 6.35. The summed E-state index contributed by atoms with van der Waals surface area (Å²) in [5.41, 5.74) is 8.21. The molecule has 0 aliphatic carbocycles. The molecule has 4 rings (SSSR count). The SMILES string of the molecule is Nc1c(Nc2ccc(Cl)cn2)ncnc1N1CCN(Cc2ccccc2)CC1. The molecule has 28 heavy (non-hydrogen) atoms. The fourth-order valence-corrected chi connectivity index (χ4v) is 3.38. The van der Waals surface area contributed by atoms with E-state index in [1.165, 1.54) is 11.9 Å². The number of pyridine rings is 1. The van der Waals surface area contributed by atoms with Crippen molar-refractivity contribution in [2.75, 3.05) is 42.1 Å². The normalized spacial score (nSPS) is 14.8. The highest BCUT2D eigenvalue weighted by atomic mass is 35.5. The zero-order chi connectivity index (χ0) is 19.3. The Bertz CT molecular complexity index is 910. The van der Waals surface area contributed by atoms with E-state index in [4.69, 9.17) is 17.3 Å². The molecule has 0 saturated carbocycles. The third-order valence-corrected chi connectivity index (χ3v) is 4.98. The van der Waals surface area contributed by atoms with Gasteiger partial charge in [0, 0.05) is 38.9 Å². The summed E-state index contributed by atoms with van der Waals surface area (Å²) < 4.78 is 0. The van der Waals surface area contributed by atoms with E-state index in [1.54, 1.807) is 18.3 Å². The molecule has 8 heteroatoms. The standard InChI is InChI=1S/C20H22ClN7/c21-16-6-7-17(23-12-16)26-19-18(22)20(25-14-24-19)28-10-8-27(9-11-28)13-15-4-2-1-3-5-15/h1-7,12,14H,8-11,13,22H2,(H,23,24,25,26). The van der Waals surface area contributed by atoms with Gasteiger partial charge >= 0.3 is 0 Å². The maximum Gasteiger partial charge on any atom is 0.160 e. The minimum atomic E-state index is 0.524. The van der Waals surface area contributed by atoms with Crippen LogP contribution >= 0.6 is 11.6 Å². The van der Waals surface area contributed by atoms with Crippen LogP contribution in [0.1, 0.15) is 5.56 Å². The van der Waals surface area contributed by atoms with Gasteiger partial charge in [0.25, 0.3) is 0 Å². The minimum absolute atomic E-state index is 0.524. The van der Waals surface area contributed by atoms with Crippen LogP contribution in [0, 0.1) is 0 Å². The smallest absolute Gasteiger partial charge is 0.160 e. The van der Waals surface area contributed by atoms with E-state index >= 15 is 0 Å². The molecule has 0 bridgehead atoms. The number of anilines is 4. The van der Waals surface area contributed by atoms with E-state index in [0.29, 0.717) is 22.3 Å². The third-order valence-electron chi connectivity index (χ3n) is 4.76. The first kappa shape index (κ1) is 18.5. The highest BCUT2D eigenvalue weighted by Crippen LogP contribution is 2.29. The topological polar surface area (TPSA) is 83.2 Å². The molecule has 1 fully saturated rings. The average Bonchev–Trinajstić information content (AvgIpc) is 2.73. The van der Waals surface area contributed by atoms with Gasteiger partial charge in [-0.3, -0.25) is 4.90 Å². The number of benzene rings is 1. The zero-order valence-corrected chi connectivity index (χ0v) is 16.2. The fraction of sp³-hybridized carbons (Fsp3) is 0.250. The lowest BCUT2D eigenvalue weighted by Gasteiger charge is -2.36. The molecule has 0 spiro atoms. The van der Waals surface area contributed by atoms with Crippen molar-refractivity contribution in [1.82, 2.24) is 19.9 Å². The molecule has 3 heterocycles. The lowest BCUT2D eigenvalue weighted by molar-refractivity contribution is 0.249. The second kappa shape index (κ2) is 8.41. The Balaban J connectivity index is 1.41. The zero-order valence-electron chi connectivity index (χ0n) is 15.4. The highest BCUT2D eigenvalue weighted by molar-refractivity contribution is 6.30. The average molecular weight is 396 g/mol. The van der Waals surface area contributed by atoms with Crippen LogP contribution in [0.3, 0.4) is 0 Å². The number of halogens is 1. The van der Waals surface area contributed by atoms with Gasteiger partial charge in [-0.05, 0) is 17.7 Å². The molecule has 1 aliphatic heterocycles. The number of nitrogen functional groups attached to an aromatic ring is 1. The number of hydrogen-bond acceptors (Lipinski definition) is 7. The summed E-state index contributed by atoms with van der Waals surface area (Å²) in [6.07, 6.45) is 3.11. The second-order valence-corrected chi connectivity index (χ2v) is 7.13. The summed E-state index contributed by atoms with van der Waals surface area (Å²) in [5.74, 6) is 1.94. The number of nitrogens with one attached hydrogen (secondary N) is 1. The highest BCUT2D eigenvalue weighted by Gasteiger charge is 2.21. The molecule has 144 valence electrons. The largest absolute Gasteiger partial charge is 0.393 e. The molecule has 0 atom stereocenters. The lowest BCUT2D eigenvalue weighted by Crippen LogP contribution is -2.46. The van der Waals surface area contributed by atoms with Crippen molar-refractivity contribution in [2.45, 2.75) is 6.54 Å². The van der Waals surface area contributed by atoms with Gasteiger partial charge in [-0.1, -0.05) is 41.9 Å². The van der Waals surface area contributed by atoms with Gasteiger partial charge in [0.1, 0.15) is 17.8 Å². The molecule has 3 N–H and O–H groups in total. The van der Waals surface area contributed by atoms with Crippen LogP contribution in [0.2, 0.25) is 5.02 Å². The molecule has 1 aromatic carbocycles. The summed E-state index contributed by atoms with van der Waals surface area (Å²) >= 11 is 5.88. The fourth-order valence-electron chi connectivity index (χ4n) is 3.27. The van der Waals surface area contributed by atoms with Crippen molar-refractivity contribution in [2.24, 2.45) is 0 Å². The lowest BCUT2D eigenvalue weighted by atomic mass is 10.2. The molecule has 1 aliphatic rings. The maximum absolute atomic E-state index is 6.35. The summed E-state index contributed by atoms with van der Waals surface area (Å²) in [5, 5.41) is 3.72. The van der Waals surface area contributed by atoms with E-state index in [0.717, 1.165) is 38.5 Å². The van der Waals surface area contributed by atoms with E-state index in [1.807, 2.05) is 6.07 Å². The van der Waals surface area contributed by atoms with Crippen LogP contribution in [0.5, 0.6) is 0 Å². The number of piperazine rings is 1. The first-order valence-corrected chi connectivity index (χ1v) is 9.57. The number of nitrogens with zero attached hydrogens (tertiary/aromatic N) is 5. The van der Waals surface area contributed by atoms with Crippen molar-refractivity contribution < 1.29 is 0 Å². The van der Waals surface area contributed by atoms with Crippen LogP contribution in [0.4, 0.5) is 23.1 Å². The molecular weight excluding hydrogens is 374 g/mol. The van der Waals surface area contributed by atoms with Crippen LogP contribution in [0.15, 0.2) is 55.0 Å². The Morgan fingerprint density at radius 2 is 1.75 bits per heavy atom. The van der Waals surface area contributed by atoms with Gasteiger partial charge in [0.05, 0.1) is 5.02 Å². The van der Waals surface area contributed by atoms with E-state index < -0.39 is 0 Å². The minimum Gasteiger partial charge on any atom is -0.393 e. The number of aromatic nitrogens is 3. The van der Waals surface area contributed by atoms with Crippen LogP contribution in [-0.4, -0.2) is 46.0 Å². The Labute approximate surface area is 169 Å². The van der Waals surface area contributed by atoms with Gasteiger partial charge in [0.2, 0.25) is 0 Å². The Morgan fingerprint density at radius 3 is 2.46 bits per heavy atom. The molecule has 3 aromatic rings. The van der Waals surface area contributed by atoms with Gasteiger partial charge in [0.15, 0.2) is 11.6 Å². The van der Waals surface area contributed by atoms with E-state index in [-0.39, 0.29) is 0 Å². The summed E-state index contributed by atoms with van der Waals surface area (Å²) in [6.45, 7) is 4.61. The van der Waals surface area contributed by atoms with Crippen LogP contribution in [0.25, 0.3) is 0 Å². The Hall–Kier alpha value is -2.90. The first-order valence-electron chi connectivity index (χ1n) is 9.19. The Kier molecular flexibility index (Phi) is 5.55. The van der Waals surface area contributed by atoms with Crippen molar-refractivity contribution in [3.63, 3.8) is 0 Å². The van der Waals surface area contributed by atoms with Gasteiger partial charge in [-0.2, -0.15) is 0 Å². The first-order chi connectivity index (χ1) is 13.7. The molecule has 2 aromatic heterocycles. The van der Waals surface area contributed by atoms with E-state index in [2.05, 4.69) is 54.3 Å². The number of hydrogen-bond donors (Lipinski definition) is 2. The molecule has 7 nitrogen and oxygen atoms in total. The van der Waals surface area contributed by atoms with E-state index in [9.17, 15) is 0 Å². The predicted molar refractivity (Wildman–Crippen MR) is 113 cm³/mol. The quantitative estimate of drug-likeness (QED) is 0.686. The second-order valence-electron chi connectivity index (χ2n) is 6.70. The number of rotatable bonds is 5. The summed E-state index contributed by atoms with van der Waals surface area (Å²) in [4.78, 5) is 17.6. The van der Waals surface area contributed by atoms with Crippen molar-refractivity contribution >= 4 is 34.7 Å². The van der Waals surface area contributed by atoms with Crippen molar-refractivity contribution in [1.29, 1.82) is 0 Å². The number of nitrogens with two attached hydrogens (primary N) is 1.